The largest absolute Gasteiger partial charge is 0.465 e. The lowest BCUT2D eigenvalue weighted by Gasteiger charge is -2.12. The minimum Gasteiger partial charge on any atom is -0.465 e. The summed E-state index contributed by atoms with van der Waals surface area (Å²) in [7, 11) is 0. The van der Waals surface area contributed by atoms with Crippen LogP contribution in [0.4, 0.5) is 0 Å². The molecular weight excluding hydrogens is 256 g/mol. The lowest BCUT2D eigenvalue weighted by atomic mass is 10.1. The number of hydrogen-bond acceptors (Lipinski definition) is 7. The van der Waals surface area contributed by atoms with Crippen molar-refractivity contribution in [2.24, 2.45) is 11.8 Å². The SMILES string of the molecule is CCOC(=O)C(C)C(=O)OC(=O)C(C)C(=O)OCC. The lowest BCUT2D eigenvalue weighted by Crippen LogP contribution is -2.32. The molecule has 0 fully saturated rings. The Morgan fingerprint density at radius 2 is 1.05 bits per heavy atom. The first-order valence-electron chi connectivity index (χ1n) is 5.93. The predicted molar refractivity (Wildman–Crippen MR) is 62.7 cm³/mol. The molecule has 0 amide bonds. The van der Waals surface area contributed by atoms with Crippen molar-refractivity contribution in [3.8, 4) is 0 Å². The van der Waals surface area contributed by atoms with E-state index in [0.29, 0.717) is 0 Å². The Kier molecular flexibility index (Phi) is 7.40. The maximum absolute atomic E-state index is 11.5. The maximum Gasteiger partial charge on any atom is 0.327 e. The molecule has 0 saturated carbocycles. The standard InChI is InChI=1S/C12H18O7/c1-5-17-9(13)7(3)11(15)19-12(16)8(4)10(14)18-6-2/h7-8H,5-6H2,1-4H3. The second-order valence-corrected chi connectivity index (χ2v) is 3.69. The summed E-state index contributed by atoms with van der Waals surface area (Å²) >= 11 is 0. The molecule has 0 heterocycles. The van der Waals surface area contributed by atoms with Crippen LogP contribution >= 0.6 is 0 Å². The lowest BCUT2D eigenvalue weighted by molar-refractivity contribution is -0.171. The summed E-state index contributed by atoms with van der Waals surface area (Å²) in [6, 6.07) is 0. The Morgan fingerprint density at radius 1 is 0.737 bits per heavy atom. The number of carbonyl (C=O) groups is 4. The Hall–Kier alpha value is -1.92. The van der Waals surface area contributed by atoms with Crippen LogP contribution in [0.25, 0.3) is 0 Å². The highest BCUT2D eigenvalue weighted by Gasteiger charge is 2.31. The average Bonchev–Trinajstić information content (AvgIpc) is 2.37. The molecule has 0 spiro atoms. The fraction of sp³-hybridized carbons (Fsp3) is 0.667. The second-order valence-electron chi connectivity index (χ2n) is 3.69. The van der Waals surface area contributed by atoms with E-state index in [1.54, 1.807) is 13.8 Å². The van der Waals surface area contributed by atoms with Crippen LogP contribution in [-0.4, -0.2) is 37.1 Å². The molecular formula is C12H18O7. The van der Waals surface area contributed by atoms with Gasteiger partial charge in [-0.1, -0.05) is 0 Å². The molecule has 2 atom stereocenters. The van der Waals surface area contributed by atoms with Gasteiger partial charge in [0.25, 0.3) is 0 Å². The molecule has 0 aliphatic carbocycles. The van der Waals surface area contributed by atoms with E-state index in [4.69, 9.17) is 0 Å². The zero-order valence-corrected chi connectivity index (χ0v) is 11.4. The van der Waals surface area contributed by atoms with Gasteiger partial charge in [0.05, 0.1) is 13.2 Å². The van der Waals surface area contributed by atoms with Gasteiger partial charge in [0.1, 0.15) is 0 Å². The maximum atomic E-state index is 11.5. The van der Waals surface area contributed by atoms with Gasteiger partial charge in [0.15, 0.2) is 11.8 Å². The molecule has 0 aromatic carbocycles. The third-order valence-corrected chi connectivity index (χ3v) is 2.19. The van der Waals surface area contributed by atoms with Crippen molar-refractivity contribution < 1.29 is 33.4 Å². The molecule has 108 valence electrons. The smallest absolute Gasteiger partial charge is 0.327 e. The normalized spacial score (nSPS) is 13.1. The van der Waals surface area contributed by atoms with Crippen LogP contribution in [0.3, 0.4) is 0 Å². The molecule has 0 saturated heterocycles. The molecule has 2 unspecified atom stereocenters. The van der Waals surface area contributed by atoms with E-state index in [-0.39, 0.29) is 13.2 Å². The first-order valence-corrected chi connectivity index (χ1v) is 5.93. The molecule has 0 aromatic rings. The van der Waals surface area contributed by atoms with E-state index >= 15 is 0 Å². The summed E-state index contributed by atoms with van der Waals surface area (Å²) in [5, 5.41) is 0. The number of hydrogen-bond donors (Lipinski definition) is 0. The molecule has 0 aliphatic heterocycles. The highest BCUT2D eigenvalue weighted by Crippen LogP contribution is 2.07. The molecule has 0 aromatic heterocycles. The van der Waals surface area contributed by atoms with Crippen molar-refractivity contribution in [2.45, 2.75) is 27.7 Å². The van der Waals surface area contributed by atoms with Crippen LogP contribution in [0.15, 0.2) is 0 Å². The third kappa shape index (κ3) is 5.50. The summed E-state index contributed by atoms with van der Waals surface area (Å²) in [5.41, 5.74) is 0. The van der Waals surface area contributed by atoms with E-state index in [1.807, 2.05) is 0 Å². The van der Waals surface area contributed by atoms with Crippen LogP contribution in [0.5, 0.6) is 0 Å². The van der Waals surface area contributed by atoms with Crippen molar-refractivity contribution in [3.63, 3.8) is 0 Å². The molecule has 0 aliphatic rings. The Balaban J connectivity index is 4.44. The highest BCUT2D eigenvalue weighted by molar-refractivity contribution is 6.03. The van der Waals surface area contributed by atoms with Gasteiger partial charge in [0, 0.05) is 0 Å². The summed E-state index contributed by atoms with van der Waals surface area (Å²) in [5.74, 6) is -6.14. The van der Waals surface area contributed by atoms with E-state index in [1.165, 1.54) is 13.8 Å². The van der Waals surface area contributed by atoms with Crippen LogP contribution in [-0.2, 0) is 33.4 Å². The van der Waals surface area contributed by atoms with Gasteiger partial charge in [-0.2, -0.15) is 0 Å². The van der Waals surface area contributed by atoms with Crippen LogP contribution in [0, 0.1) is 11.8 Å². The Bertz CT molecular complexity index is 327. The second kappa shape index (κ2) is 8.23. The van der Waals surface area contributed by atoms with Crippen LogP contribution in [0.2, 0.25) is 0 Å². The van der Waals surface area contributed by atoms with Gasteiger partial charge in [-0.3, -0.25) is 19.2 Å². The van der Waals surface area contributed by atoms with Crippen molar-refractivity contribution in [1.82, 2.24) is 0 Å². The third-order valence-electron chi connectivity index (χ3n) is 2.19. The Morgan fingerprint density at radius 3 is 1.32 bits per heavy atom. The van der Waals surface area contributed by atoms with Crippen molar-refractivity contribution >= 4 is 23.9 Å². The summed E-state index contributed by atoms with van der Waals surface area (Å²) < 4.78 is 13.6. The Labute approximate surface area is 111 Å². The topological polar surface area (TPSA) is 96.0 Å². The van der Waals surface area contributed by atoms with Gasteiger partial charge < -0.3 is 14.2 Å². The number of ether oxygens (including phenoxy) is 3. The molecule has 0 N–H and O–H groups in total. The number of esters is 4. The molecule has 7 nitrogen and oxygen atoms in total. The minimum absolute atomic E-state index is 0.115. The summed E-state index contributed by atoms with van der Waals surface area (Å²) in [6.07, 6.45) is 0. The van der Waals surface area contributed by atoms with E-state index in [9.17, 15) is 19.2 Å². The van der Waals surface area contributed by atoms with Crippen molar-refractivity contribution in [2.75, 3.05) is 13.2 Å². The quantitative estimate of drug-likeness (QED) is 0.394. The van der Waals surface area contributed by atoms with E-state index in [0.717, 1.165) is 0 Å². The van der Waals surface area contributed by atoms with Crippen LogP contribution < -0.4 is 0 Å². The zero-order valence-electron chi connectivity index (χ0n) is 11.4. The highest BCUT2D eigenvalue weighted by atomic mass is 16.6. The van der Waals surface area contributed by atoms with Gasteiger partial charge in [-0.15, -0.1) is 0 Å². The fourth-order valence-electron chi connectivity index (χ4n) is 1.00. The zero-order chi connectivity index (χ0) is 15.0. The minimum atomic E-state index is -1.22. The van der Waals surface area contributed by atoms with Crippen molar-refractivity contribution in [1.29, 1.82) is 0 Å². The first-order chi connectivity index (χ1) is 8.84. The fourth-order valence-corrected chi connectivity index (χ4v) is 1.00. The van der Waals surface area contributed by atoms with Gasteiger partial charge in [-0.05, 0) is 27.7 Å². The number of carbonyl (C=O) groups excluding carboxylic acids is 4. The van der Waals surface area contributed by atoms with E-state index < -0.39 is 35.7 Å². The molecule has 19 heavy (non-hydrogen) atoms. The molecule has 0 radical (unpaired) electrons. The monoisotopic (exact) mass is 274 g/mol. The summed E-state index contributed by atoms with van der Waals surface area (Å²) in [6.45, 7) is 5.91. The average molecular weight is 274 g/mol. The van der Waals surface area contributed by atoms with Crippen LogP contribution in [0.1, 0.15) is 27.7 Å². The molecule has 7 heteroatoms. The molecule has 0 bridgehead atoms. The number of rotatable bonds is 6. The molecule has 0 rings (SSSR count). The van der Waals surface area contributed by atoms with Gasteiger partial charge in [-0.25, -0.2) is 0 Å². The first kappa shape index (κ1) is 17.1. The van der Waals surface area contributed by atoms with Gasteiger partial charge in [0.2, 0.25) is 0 Å². The van der Waals surface area contributed by atoms with Crippen molar-refractivity contribution in [3.05, 3.63) is 0 Å². The predicted octanol–water partition coefficient (Wildman–Crippen LogP) is 0.455. The summed E-state index contributed by atoms with van der Waals surface area (Å²) in [4.78, 5) is 45.4. The van der Waals surface area contributed by atoms with E-state index in [2.05, 4.69) is 14.2 Å². The van der Waals surface area contributed by atoms with Gasteiger partial charge >= 0.3 is 23.9 Å².